The molecule has 0 aliphatic rings. The Balaban J connectivity index is 2.26. The summed E-state index contributed by atoms with van der Waals surface area (Å²) in [6, 6.07) is 9.69. The first-order valence-electron chi connectivity index (χ1n) is 5.14. The molecule has 0 N–H and O–H groups in total. The van der Waals surface area contributed by atoms with Gasteiger partial charge in [0.1, 0.15) is 16.8 Å². The number of methoxy groups -OCH3 is 1. The summed E-state index contributed by atoms with van der Waals surface area (Å²) in [6.45, 7) is 0.351. The van der Waals surface area contributed by atoms with Crippen molar-refractivity contribution < 1.29 is 4.74 Å². The van der Waals surface area contributed by atoms with E-state index < -0.39 is 0 Å². The highest BCUT2D eigenvalue weighted by Crippen LogP contribution is 2.32. The van der Waals surface area contributed by atoms with Gasteiger partial charge in [0, 0.05) is 22.5 Å². The third-order valence-corrected chi connectivity index (χ3v) is 4.18. The summed E-state index contributed by atoms with van der Waals surface area (Å²) < 4.78 is 6.04. The molecule has 0 fully saturated rings. The highest BCUT2D eigenvalue weighted by atomic mass is 79.9. The molecule has 0 aliphatic carbocycles. The molecule has 2 aromatic rings. The van der Waals surface area contributed by atoms with E-state index in [1.165, 1.54) is 11.8 Å². The highest BCUT2D eigenvalue weighted by molar-refractivity contribution is 9.10. The Bertz CT molecular complexity index is 553. The van der Waals surface area contributed by atoms with Gasteiger partial charge in [-0.3, -0.25) is 0 Å². The second kappa shape index (κ2) is 6.52. The van der Waals surface area contributed by atoms with Crippen LogP contribution in [0.2, 0.25) is 5.15 Å². The molecule has 0 radical (unpaired) electrons. The molecule has 94 valence electrons. The third kappa shape index (κ3) is 3.68. The van der Waals surface area contributed by atoms with Gasteiger partial charge < -0.3 is 4.74 Å². The van der Waals surface area contributed by atoms with Crippen molar-refractivity contribution in [2.75, 3.05) is 7.11 Å². The molecular weight excluding hydrogens is 336 g/mol. The van der Waals surface area contributed by atoms with Crippen molar-refractivity contribution in [3.05, 3.63) is 45.8 Å². The van der Waals surface area contributed by atoms with Crippen LogP contribution in [-0.2, 0) is 11.3 Å². The van der Waals surface area contributed by atoms with E-state index in [0.717, 1.165) is 14.4 Å². The zero-order chi connectivity index (χ0) is 13.0. The van der Waals surface area contributed by atoms with E-state index in [2.05, 4.69) is 25.9 Å². The summed E-state index contributed by atoms with van der Waals surface area (Å²) in [5, 5.41) is 1.22. The van der Waals surface area contributed by atoms with Gasteiger partial charge in [0.05, 0.1) is 0 Å². The molecule has 0 unspecified atom stereocenters. The average Bonchev–Trinajstić information content (AvgIpc) is 2.32. The van der Waals surface area contributed by atoms with Gasteiger partial charge in [-0.25, -0.2) is 9.97 Å². The van der Waals surface area contributed by atoms with Gasteiger partial charge in [-0.2, -0.15) is 0 Å². The zero-order valence-electron chi connectivity index (χ0n) is 9.56. The monoisotopic (exact) mass is 344 g/mol. The van der Waals surface area contributed by atoms with Crippen molar-refractivity contribution in [1.82, 2.24) is 9.97 Å². The first-order chi connectivity index (χ1) is 8.69. The summed E-state index contributed by atoms with van der Waals surface area (Å²) in [4.78, 5) is 9.55. The number of aromatic nitrogens is 2. The molecule has 1 heterocycles. The predicted octanol–water partition coefficient (Wildman–Crippen LogP) is 4.19. The van der Waals surface area contributed by atoms with Crippen molar-refractivity contribution in [2.24, 2.45) is 0 Å². The van der Waals surface area contributed by atoms with E-state index in [4.69, 9.17) is 16.3 Å². The van der Waals surface area contributed by atoms with Crippen LogP contribution in [0.5, 0.6) is 0 Å². The summed E-state index contributed by atoms with van der Waals surface area (Å²) >= 11 is 11.0. The fourth-order valence-electron chi connectivity index (χ4n) is 1.33. The smallest absolute Gasteiger partial charge is 0.156 e. The Kier molecular flexibility index (Phi) is 5.00. The Morgan fingerprint density at radius 1 is 1.33 bits per heavy atom. The Morgan fingerprint density at radius 2 is 2.11 bits per heavy atom. The van der Waals surface area contributed by atoms with Crippen LogP contribution in [0.15, 0.2) is 44.7 Å². The van der Waals surface area contributed by atoms with Crippen LogP contribution in [0.25, 0.3) is 0 Å². The largest absolute Gasteiger partial charge is 0.377 e. The molecule has 0 atom stereocenters. The molecule has 0 saturated carbocycles. The number of nitrogens with zero attached hydrogens (tertiary/aromatic N) is 2. The van der Waals surface area contributed by atoms with E-state index in [0.29, 0.717) is 17.6 Å². The molecule has 6 heteroatoms. The maximum absolute atomic E-state index is 5.96. The van der Waals surface area contributed by atoms with Crippen molar-refractivity contribution >= 4 is 39.3 Å². The second-order valence-electron chi connectivity index (χ2n) is 3.41. The number of benzene rings is 1. The van der Waals surface area contributed by atoms with E-state index >= 15 is 0 Å². The minimum Gasteiger partial charge on any atom is -0.377 e. The van der Waals surface area contributed by atoms with Crippen LogP contribution in [-0.4, -0.2) is 17.1 Å². The molecule has 1 aromatic carbocycles. The minimum atomic E-state index is 0.351. The molecule has 2 rings (SSSR count). The predicted molar refractivity (Wildman–Crippen MR) is 76.0 cm³/mol. The van der Waals surface area contributed by atoms with E-state index in [9.17, 15) is 0 Å². The normalized spacial score (nSPS) is 10.6. The number of rotatable bonds is 4. The molecule has 1 aromatic heterocycles. The standard InChI is InChI=1S/C12H10BrClN2OS/c1-17-7-11-15-10(14)6-12(16-11)18-9-5-3-2-4-8(9)13/h2-6H,7H2,1H3. The Hall–Kier alpha value is -0.620. The molecule has 0 amide bonds. The summed E-state index contributed by atoms with van der Waals surface area (Å²) in [5.41, 5.74) is 0. The molecule has 0 aliphatic heterocycles. The first kappa shape index (κ1) is 13.8. The van der Waals surface area contributed by atoms with Crippen LogP contribution < -0.4 is 0 Å². The van der Waals surface area contributed by atoms with Crippen molar-refractivity contribution in [3.8, 4) is 0 Å². The summed E-state index contributed by atoms with van der Waals surface area (Å²) in [5.74, 6) is 0.583. The van der Waals surface area contributed by atoms with Gasteiger partial charge in [-0.1, -0.05) is 35.5 Å². The lowest BCUT2D eigenvalue weighted by atomic mass is 10.4. The molecule has 3 nitrogen and oxygen atoms in total. The van der Waals surface area contributed by atoms with Crippen molar-refractivity contribution in [1.29, 1.82) is 0 Å². The number of ether oxygens (including phenoxy) is 1. The lowest BCUT2D eigenvalue weighted by Crippen LogP contribution is -1.98. The van der Waals surface area contributed by atoms with E-state index in [-0.39, 0.29) is 0 Å². The molecular formula is C12H10BrClN2OS. The SMILES string of the molecule is COCc1nc(Cl)cc(Sc2ccccc2Br)n1. The highest BCUT2D eigenvalue weighted by Gasteiger charge is 2.07. The first-order valence-corrected chi connectivity index (χ1v) is 7.12. The van der Waals surface area contributed by atoms with Crippen LogP contribution in [0.4, 0.5) is 0 Å². The average molecular weight is 346 g/mol. The van der Waals surface area contributed by atoms with E-state index in [1.807, 2.05) is 24.3 Å². The lowest BCUT2D eigenvalue weighted by Gasteiger charge is -2.05. The van der Waals surface area contributed by atoms with Gasteiger partial charge in [0.2, 0.25) is 0 Å². The van der Waals surface area contributed by atoms with Crippen LogP contribution >= 0.6 is 39.3 Å². The fraction of sp³-hybridized carbons (Fsp3) is 0.167. The third-order valence-electron chi connectivity index (χ3n) is 2.04. The molecule has 0 bridgehead atoms. The summed E-state index contributed by atoms with van der Waals surface area (Å²) in [6.07, 6.45) is 0. The number of hydrogen-bond donors (Lipinski definition) is 0. The van der Waals surface area contributed by atoms with Crippen LogP contribution in [0.3, 0.4) is 0 Å². The molecule has 0 saturated heterocycles. The van der Waals surface area contributed by atoms with E-state index in [1.54, 1.807) is 13.2 Å². The fourth-order valence-corrected chi connectivity index (χ4v) is 2.98. The van der Waals surface area contributed by atoms with Gasteiger partial charge in [-0.05, 0) is 28.1 Å². The molecule has 0 spiro atoms. The van der Waals surface area contributed by atoms with Crippen molar-refractivity contribution in [3.63, 3.8) is 0 Å². The second-order valence-corrected chi connectivity index (χ2v) is 5.71. The topological polar surface area (TPSA) is 35.0 Å². The Morgan fingerprint density at radius 3 is 2.83 bits per heavy atom. The van der Waals surface area contributed by atoms with Gasteiger partial charge >= 0.3 is 0 Å². The Labute approximate surface area is 123 Å². The zero-order valence-corrected chi connectivity index (χ0v) is 12.7. The molecule has 18 heavy (non-hydrogen) atoms. The maximum Gasteiger partial charge on any atom is 0.156 e. The summed E-state index contributed by atoms with van der Waals surface area (Å²) in [7, 11) is 1.60. The number of hydrogen-bond acceptors (Lipinski definition) is 4. The van der Waals surface area contributed by atoms with Gasteiger partial charge in [0.15, 0.2) is 5.82 Å². The van der Waals surface area contributed by atoms with Crippen LogP contribution in [0.1, 0.15) is 5.82 Å². The van der Waals surface area contributed by atoms with Crippen LogP contribution in [0, 0.1) is 0 Å². The lowest BCUT2D eigenvalue weighted by molar-refractivity contribution is 0.177. The van der Waals surface area contributed by atoms with Gasteiger partial charge in [-0.15, -0.1) is 0 Å². The van der Waals surface area contributed by atoms with Gasteiger partial charge in [0.25, 0.3) is 0 Å². The minimum absolute atomic E-state index is 0.351. The number of halogens is 2. The quantitative estimate of drug-likeness (QED) is 0.778. The van der Waals surface area contributed by atoms with Crippen molar-refractivity contribution in [2.45, 2.75) is 16.5 Å². The maximum atomic E-state index is 5.96.